The van der Waals surface area contributed by atoms with Crippen LogP contribution >= 0.6 is 0 Å². The number of hydrogen-bond acceptors (Lipinski definition) is 2. The van der Waals surface area contributed by atoms with Gasteiger partial charge >= 0.3 is 0 Å². The lowest BCUT2D eigenvalue weighted by Gasteiger charge is -2.11. The Morgan fingerprint density at radius 1 is 1.29 bits per heavy atom. The second-order valence-electron chi connectivity index (χ2n) is 3.57. The Morgan fingerprint density at radius 3 is 2.43 bits per heavy atom. The van der Waals surface area contributed by atoms with Crippen molar-refractivity contribution in [1.82, 2.24) is 0 Å². The van der Waals surface area contributed by atoms with Gasteiger partial charge in [0, 0.05) is 12.6 Å². The van der Waals surface area contributed by atoms with E-state index in [1.54, 1.807) is 0 Å². The number of aliphatic hydroxyl groups is 1. The van der Waals surface area contributed by atoms with Crippen molar-refractivity contribution in [1.29, 1.82) is 0 Å². The van der Waals surface area contributed by atoms with E-state index >= 15 is 0 Å². The Labute approximate surface area is 85.8 Å². The van der Waals surface area contributed by atoms with Crippen molar-refractivity contribution >= 4 is 0 Å². The summed E-state index contributed by atoms with van der Waals surface area (Å²) in [7, 11) is 0. The molecular formula is C12H19NO. The van der Waals surface area contributed by atoms with Crippen LogP contribution in [0.5, 0.6) is 0 Å². The van der Waals surface area contributed by atoms with Crippen LogP contribution in [-0.4, -0.2) is 11.7 Å². The molecule has 0 aliphatic rings. The largest absolute Gasteiger partial charge is 0.396 e. The summed E-state index contributed by atoms with van der Waals surface area (Å²) < 4.78 is 0. The zero-order valence-corrected chi connectivity index (χ0v) is 8.74. The van der Waals surface area contributed by atoms with Gasteiger partial charge in [-0.2, -0.15) is 0 Å². The predicted molar refractivity (Wildman–Crippen MR) is 59.1 cm³/mol. The minimum absolute atomic E-state index is 0.0630. The van der Waals surface area contributed by atoms with Crippen LogP contribution in [0.2, 0.25) is 0 Å². The molecule has 0 heterocycles. The third-order valence-corrected chi connectivity index (χ3v) is 2.49. The maximum absolute atomic E-state index is 8.69. The number of aliphatic hydroxyl groups excluding tert-OH is 1. The van der Waals surface area contributed by atoms with E-state index in [2.05, 4.69) is 31.2 Å². The molecule has 1 unspecified atom stereocenters. The first-order chi connectivity index (χ1) is 6.77. The highest BCUT2D eigenvalue weighted by Crippen LogP contribution is 2.16. The molecule has 2 heteroatoms. The Morgan fingerprint density at radius 2 is 1.93 bits per heavy atom. The molecule has 0 spiro atoms. The summed E-state index contributed by atoms with van der Waals surface area (Å²) >= 11 is 0. The molecule has 0 radical (unpaired) electrons. The molecular weight excluding hydrogens is 174 g/mol. The van der Waals surface area contributed by atoms with Gasteiger partial charge in [-0.05, 0) is 30.4 Å². The zero-order chi connectivity index (χ0) is 10.4. The van der Waals surface area contributed by atoms with Gasteiger partial charge in [-0.1, -0.05) is 31.2 Å². The lowest BCUT2D eigenvalue weighted by molar-refractivity contribution is 0.280. The van der Waals surface area contributed by atoms with Crippen LogP contribution in [0.15, 0.2) is 24.3 Å². The Balaban J connectivity index is 2.57. The molecule has 78 valence electrons. The summed E-state index contributed by atoms with van der Waals surface area (Å²) in [5.74, 6) is 0. The van der Waals surface area contributed by atoms with Gasteiger partial charge in [-0.15, -0.1) is 0 Å². The number of nitrogens with two attached hydrogens (primary N) is 1. The van der Waals surface area contributed by atoms with Gasteiger partial charge in [-0.3, -0.25) is 0 Å². The van der Waals surface area contributed by atoms with Crippen LogP contribution in [0.3, 0.4) is 0 Å². The van der Waals surface area contributed by atoms with E-state index in [4.69, 9.17) is 10.8 Å². The molecule has 14 heavy (non-hydrogen) atoms. The van der Waals surface area contributed by atoms with E-state index in [0.29, 0.717) is 0 Å². The topological polar surface area (TPSA) is 46.2 Å². The van der Waals surface area contributed by atoms with Gasteiger partial charge in [0.25, 0.3) is 0 Å². The average Bonchev–Trinajstić information content (AvgIpc) is 2.26. The Hall–Kier alpha value is -0.860. The van der Waals surface area contributed by atoms with E-state index < -0.39 is 0 Å². The smallest absolute Gasteiger partial charge is 0.0431 e. The van der Waals surface area contributed by atoms with E-state index in [0.717, 1.165) is 24.8 Å². The lowest BCUT2D eigenvalue weighted by atomic mass is 10.0. The van der Waals surface area contributed by atoms with E-state index in [9.17, 15) is 0 Å². The first-order valence-electron chi connectivity index (χ1n) is 5.23. The molecule has 0 aromatic heterocycles. The highest BCUT2D eigenvalue weighted by molar-refractivity contribution is 5.24. The number of benzene rings is 1. The number of aryl methyl sites for hydroxylation is 1. The van der Waals surface area contributed by atoms with Crippen LogP contribution in [0.1, 0.15) is 36.9 Å². The van der Waals surface area contributed by atoms with Gasteiger partial charge in [0.2, 0.25) is 0 Å². The Kier molecular flexibility index (Phi) is 4.63. The van der Waals surface area contributed by atoms with Gasteiger partial charge in [0.15, 0.2) is 0 Å². The first-order valence-corrected chi connectivity index (χ1v) is 5.23. The molecule has 0 saturated heterocycles. The first kappa shape index (κ1) is 11.2. The molecule has 1 rings (SSSR count). The van der Waals surface area contributed by atoms with Crippen molar-refractivity contribution < 1.29 is 5.11 Å². The van der Waals surface area contributed by atoms with Crippen LogP contribution in [0.25, 0.3) is 0 Å². The molecule has 0 aliphatic carbocycles. The van der Waals surface area contributed by atoms with Gasteiger partial charge in [0.05, 0.1) is 0 Å². The highest BCUT2D eigenvalue weighted by atomic mass is 16.2. The summed E-state index contributed by atoms with van der Waals surface area (Å²) in [6, 6.07) is 8.47. The monoisotopic (exact) mass is 193 g/mol. The predicted octanol–water partition coefficient (Wildman–Crippen LogP) is 2.02. The standard InChI is InChI=1S/C12H19NO/c1-2-10-5-7-11(8-6-10)12(13)4-3-9-14/h5-8,12,14H,2-4,9,13H2,1H3. The maximum Gasteiger partial charge on any atom is 0.0431 e. The minimum atomic E-state index is 0.0630. The van der Waals surface area contributed by atoms with Crippen molar-refractivity contribution in [3.63, 3.8) is 0 Å². The van der Waals surface area contributed by atoms with E-state index in [1.165, 1.54) is 5.56 Å². The van der Waals surface area contributed by atoms with Crippen LogP contribution < -0.4 is 5.73 Å². The van der Waals surface area contributed by atoms with Gasteiger partial charge in [0.1, 0.15) is 0 Å². The molecule has 0 aliphatic heterocycles. The second-order valence-corrected chi connectivity index (χ2v) is 3.57. The normalized spacial score (nSPS) is 12.8. The van der Waals surface area contributed by atoms with Crippen molar-refractivity contribution in [2.24, 2.45) is 5.73 Å². The summed E-state index contributed by atoms with van der Waals surface area (Å²) in [4.78, 5) is 0. The van der Waals surface area contributed by atoms with Crippen molar-refractivity contribution in [2.45, 2.75) is 32.2 Å². The highest BCUT2D eigenvalue weighted by Gasteiger charge is 2.04. The third-order valence-electron chi connectivity index (χ3n) is 2.49. The molecule has 0 bridgehead atoms. The molecule has 0 fully saturated rings. The van der Waals surface area contributed by atoms with E-state index in [-0.39, 0.29) is 12.6 Å². The lowest BCUT2D eigenvalue weighted by Crippen LogP contribution is -2.10. The third kappa shape index (κ3) is 3.13. The fourth-order valence-electron chi connectivity index (χ4n) is 1.48. The zero-order valence-electron chi connectivity index (χ0n) is 8.74. The van der Waals surface area contributed by atoms with Crippen LogP contribution in [0.4, 0.5) is 0 Å². The molecule has 1 aromatic rings. The van der Waals surface area contributed by atoms with Crippen molar-refractivity contribution in [3.8, 4) is 0 Å². The van der Waals surface area contributed by atoms with Gasteiger partial charge in [-0.25, -0.2) is 0 Å². The summed E-state index contributed by atoms with van der Waals surface area (Å²) in [5, 5.41) is 8.69. The number of rotatable bonds is 5. The maximum atomic E-state index is 8.69. The summed E-state index contributed by atoms with van der Waals surface area (Å²) in [5.41, 5.74) is 8.46. The van der Waals surface area contributed by atoms with Crippen LogP contribution in [0, 0.1) is 0 Å². The molecule has 3 N–H and O–H groups in total. The van der Waals surface area contributed by atoms with Gasteiger partial charge < -0.3 is 10.8 Å². The van der Waals surface area contributed by atoms with Crippen LogP contribution in [-0.2, 0) is 6.42 Å². The second kappa shape index (κ2) is 5.78. The van der Waals surface area contributed by atoms with E-state index in [1.807, 2.05) is 0 Å². The fraction of sp³-hybridized carbons (Fsp3) is 0.500. The average molecular weight is 193 g/mol. The molecule has 0 saturated carbocycles. The Bertz CT molecular complexity index is 256. The molecule has 1 aromatic carbocycles. The summed E-state index contributed by atoms with van der Waals surface area (Å²) in [6.45, 7) is 2.36. The molecule has 0 amide bonds. The molecule has 1 atom stereocenters. The summed E-state index contributed by atoms with van der Waals surface area (Å²) in [6.07, 6.45) is 2.69. The SMILES string of the molecule is CCc1ccc(C(N)CCCO)cc1. The van der Waals surface area contributed by atoms with Crippen molar-refractivity contribution in [3.05, 3.63) is 35.4 Å². The molecule has 2 nitrogen and oxygen atoms in total. The quantitative estimate of drug-likeness (QED) is 0.751. The fourth-order valence-corrected chi connectivity index (χ4v) is 1.48. The number of hydrogen-bond donors (Lipinski definition) is 2. The minimum Gasteiger partial charge on any atom is -0.396 e. The van der Waals surface area contributed by atoms with Crippen molar-refractivity contribution in [2.75, 3.05) is 6.61 Å².